The SMILES string of the molecule is C1=CC(C2C/C=C\CCCC2)CCCC1. The van der Waals surface area contributed by atoms with Crippen LogP contribution in [-0.4, -0.2) is 0 Å². The highest BCUT2D eigenvalue weighted by Gasteiger charge is 2.19. The monoisotopic (exact) mass is 204 g/mol. The van der Waals surface area contributed by atoms with Crippen LogP contribution < -0.4 is 0 Å². The quantitative estimate of drug-likeness (QED) is 0.535. The summed E-state index contributed by atoms with van der Waals surface area (Å²) in [6, 6.07) is 0. The summed E-state index contributed by atoms with van der Waals surface area (Å²) in [7, 11) is 0. The summed E-state index contributed by atoms with van der Waals surface area (Å²) in [5, 5.41) is 0. The lowest BCUT2D eigenvalue weighted by molar-refractivity contribution is 0.335. The topological polar surface area (TPSA) is 0 Å². The van der Waals surface area contributed by atoms with Gasteiger partial charge in [0.2, 0.25) is 0 Å². The summed E-state index contributed by atoms with van der Waals surface area (Å²) in [6.45, 7) is 0. The Balaban J connectivity index is 1.93. The van der Waals surface area contributed by atoms with E-state index in [-0.39, 0.29) is 0 Å². The molecule has 0 saturated heterocycles. The molecule has 0 heteroatoms. The molecule has 2 rings (SSSR count). The lowest BCUT2D eigenvalue weighted by Crippen LogP contribution is -2.12. The molecule has 2 unspecified atom stereocenters. The molecular formula is C15H24. The van der Waals surface area contributed by atoms with Gasteiger partial charge in [0.05, 0.1) is 0 Å². The van der Waals surface area contributed by atoms with Crippen molar-refractivity contribution in [2.75, 3.05) is 0 Å². The minimum atomic E-state index is 0.884. The van der Waals surface area contributed by atoms with Gasteiger partial charge in [0.1, 0.15) is 0 Å². The fraction of sp³-hybridized carbons (Fsp3) is 0.733. The second-order valence-electron chi connectivity index (χ2n) is 5.13. The summed E-state index contributed by atoms with van der Waals surface area (Å²) in [5.41, 5.74) is 0. The molecule has 0 aromatic rings. The molecule has 0 nitrogen and oxygen atoms in total. The largest absolute Gasteiger partial charge is 0.0885 e. The van der Waals surface area contributed by atoms with E-state index in [1.165, 1.54) is 57.8 Å². The standard InChI is InChI=1S/C15H24/c1-2-6-10-14(11-7-3-1)15-12-8-4-5-9-13-15/h2,6,8,12,14-15H,1,3-5,7,9-11,13H2/b6-2-. The van der Waals surface area contributed by atoms with Crippen LogP contribution >= 0.6 is 0 Å². The average molecular weight is 204 g/mol. The number of hydrogen-bond donors (Lipinski definition) is 0. The molecule has 0 heterocycles. The van der Waals surface area contributed by atoms with E-state index >= 15 is 0 Å². The number of hydrogen-bond acceptors (Lipinski definition) is 0. The van der Waals surface area contributed by atoms with Crippen LogP contribution in [0, 0.1) is 11.8 Å². The lowest BCUT2D eigenvalue weighted by Gasteiger charge is -2.24. The van der Waals surface area contributed by atoms with Gasteiger partial charge in [0.15, 0.2) is 0 Å². The van der Waals surface area contributed by atoms with Crippen LogP contribution in [-0.2, 0) is 0 Å². The van der Waals surface area contributed by atoms with Crippen LogP contribution in [0.3, 0.4) is 0 Å². The fourth-order valence-electron chi connectivity index (χ4n) is 2.97. The van der Waals surface area contributed by atoms with Gasteiger partial charge in [0, 0.05) is 0 Å². The summed E-state index contributed by atoms with van der Waals surface area (Å²) in [5.74, 6) is 1.83. The molecule has 0 N–H and O–H groups in total. The van der Waals surface area contributed by atoms with Crippen molar-refractivity contribution in [3.8, 4) is 0 Å². The van der Waals surface area contributed by atoms with Crippen LogP contribution in [0.15, 0.2) is 24.3 Å². The van der Waals surface area contributed by atoms with E-state index in [1.807, 2.05) is 0 Å². The van der Waals surface area contributed by atoms with E-state index in [1.54, 1.807) is 0 Å². The Labute approximate surface area is 94.5 Å². The fourth-order valence-corrected chi connectivity index (χ4v) is 2.97. The summed E-state index contributed by atoms with van der Waals surface area (Å²) < 4.78 is 0. The molecule has 0 aliphatic heterocycles. The summed E-state index contributed by atoms with van der Waals surface area (Å²) in [6.07, 6.45) is 22.3. The van der Waals surface area contributed by atoms with E-state index < -0.39 is 0 Å². The Morgan fingerprint density at radius 3 is 2.47 bits per heavy atom. The molecule has 84 valence electrons. The van der Waals surface area contributed by atoms with Crippen molar-refractivity contribution in [2.45, 2.75) is 57.8 Å². The van der Waals surface area contributed by atoms with Gasteiger partial charge in [-0.3, -0.25) is 0 Å². The predicted octanol–water partition coefficient (Wildman–Crippen LogP) is 4.87. The van der Waals surface area contributed by atoms with Crippen LogP contribution in [0.5, 0.6) is 0 Å². The van der Waals surface area contributed by atoms with E-state index in [2.05, 4.69) is 24.3 Å². The molecule has 0 spiro atoms. The van der Waals surface area contributed by atoms with Gasteiger partial charge in [0.25, 0.3) is 0 Å². The molecule has 0 aromatic heterocycles. The molecule has 15 heavy (non-hydrogen) atoms. The Kier molecular flexibility index (Phi) is 4.50. The van der Waals surface area contributed by atoms with E-state index in [0.29, 0.717) is 0 Å². The molecule has 2 atom stereocenters. The molecule has 0 bridgehead atoms. The molecule has 0 amide bonds. The third kappa shape index (κ3) is 3.52. The molecule has 0 radical (unpaired) electrons. The lowest BCUT2D eigenvalue weighted by atomic mass is 9.81. The van der Waals surface area contributed by atoms with Crippen molar-refractivity contribution in [3.63, 3.8) is 0 Å². The van der Waals surface area contributed by atoms with Gasteiger partial charge in [-0.2, -0.15) is 0 Å². The first-order valence-electron chi connectivity index (χ1n) is 6.78. The van der Waals surface area contributed by atoms with Gasteiger partial charge in [-0.25, -0.2) is 0 Å². The smallest absolute Gasteiger partial charge is 0.0202 e. The summed E-state index contributed by atoms with van der Waals surface area (Å²) >= 11 is 0. The minimum absolute atomic E-state index is 0.884. The van der Waals surface area contributed by atoms with Gasteiger partial charge < -0.3 is 0 Å². The Morgan fingerprint density at radius 1 is 0.733 bits per heavy atom. The molecule has 0 saturated carbocycles. The van der Waals surface area contributed by atoms with E-state index in [9.17, 15) is 0 Å². The molecular weight excluding hydrogens is 180 g/mol. The van der Waals surface area contributed by atoms with Crippen molar-refractivity contribution in [1.29, 1.82) is 0 Å². The first-order chi connectivity index (χ1) is 7.47. The van der Waals surface area contributed by atoms with E-state index in [0.717, 1.165) is 11.8 Å². The van der Waals surface area contributed by atoms with Crippen LogP contribution in [0.2, 0.25) is 0 Å². The van der Waals surface area contributed by atoms with Crippen molar-refractivity contribution in [1.82, 2.24) is 0 Å². The van der Waals surface area contributed by atoms with E-state index in [4.69, 9.17) is 0 Å². The average Bonchev–Trinajstić information content (AvgIpc) is 2.45. The maximum atomic E-state index is 2.52. The first kappa shape index (κ1) is 11.0. The zero-order chi connectivity index (χ0) is 10.3. The maximum absolute atomic E-state index is 2.52. The van der Waals surface area contributed by atoms with Crippen LogP contribution in [0.4, 0.5) is 0 Å². The van der Waals surface area contributed by atoms with Gasteiger partial charge in [-0.15, -0.1) is 0 Å². The van der Waals surface area contributed by atoms with Crippen molar-refractivity contribution in [3.05, 3.63) is 24.3 Å². The van der Waals surface area contributed by atoms with Crippen LogP contribution in [0.25, 0.3) is 0 Å². The van der Waals surface area contributed by atoms with Crippen molar-refractivity contribution >= 4 is 0 Å². The highest BCUT2D eigenvalue weighted by molar-refractivity contribution is 4.97. The summed E-state index contributed by atoms with van der Waals surface area (Å²) in [4.78, 5) is 0. The maximum Gasteiger partial charge on any atom is -0.0202 e. The molecule has 0 aromatic carbocycles. The van der Waals surface area contributed by atoms with Crippen LogP contribution in [0.1, 0.15) is 57.8 Å². The number of allylic oxidation sites excluding steroid dienone is 4. The Morgan fingerprint density at radius 2 is 1.53 bits per heavy atom. The zero-order valence-corrected chi connectivity index (χ0v) is 9.83. The minimum Gasteiger partial charge on any atom is -0.0885 e. The highest BCUT2D eigenvalue weighted by atomic mass is 14.2. The molecule has 2 aliphatic rings. The molecule has 0 fully saturated rings. The zero-order valence-electron chi connectivity index (χ0n) is 9.83. The Bertz CT molecular complexity index is 224. The molecule has 2 aliphatic carbocycles. The third-order valence-corrected chi connectivity index (χ3v) is 3.95. The predicted molar refractivity (Wildman–Crippen MR) is 66.8 cm³/mol. The first-order valence-corrected chi connectivity index (χ1v) is 6.78. The third-order valence-electron chi connectivity index (χ3n) is 3.95. The number of rotatable bonds is 1. The highest BCUT2D eigenvalue weighted by Crippen LogP contribution is 2.31. The Hall–Kier alpha value is -0.520. The normalized spacial score (nSPS) is 35.2. The van der Waals surface area contributed by atoms with Crippen molar-refractivity contribution in [2.24, 2.45) is 11.8 Å². The second kappa shape index (κ2) is 6.15. The second-order valence-corrected chi connectivity index (χ2v) is 5.13. The van der Waals surface area contributed by atoms with Gasteiger partial charge in [-0.05, 0) is 56.8 Å². The van der Waals surface area contributed by atoms with Gasteiger partial charge in [-0.1, -0.05) is 37.1 Å². The van der Waals surface area contributed by atoms with Crippen molar-refractivity contribution < 1.29 is 0 Å². The van der Waals surface area contributed by atoms with Gasteiger partial charge >= 0.3 is 0 Å².